The van der Waals surface area contributed by atoms with Crippen LogP contribution in [0.3, 0.4) is 0 Å². The number of aliphatic hydroxyl groups is 2. The maximum atomic E-state index is 14.9. The lowest BCUT2D eigenvalue weighted by atomic mass is 9.32. The molecular weight excluding hydrogens is 805 g/mol. The molecule has 11 heteroatoms. The van der Waals surface area contributed by atoms with Gasteiger partial charge in [-0.3, -0.25) is 4.79 Å². The van der Waals surface area contributed by atoms with Crippen molar-refractivity contribution in [3.05, 3.63) is 107 Å². The van der Waals surface area contributed by atoms with E-state index in [1.54, 1.807) is 6.20 Å². The summed E-state index contributed by atoms with van der Waals surface area (Å²) in [7, 11) is 0. The Labute approximate surface area is 379 Å². The monoisotopic (exact) mass is 875 g/mol. The van der Waals surface area contributed by atoms with Gasteiger partial charge in [-0.2, -0.15) is 0 Å². The summed E-state index contributed by atoms with van der Waals surface area (Å²) in [5.74, 6) is 1.53. The first-order chi connectivity index (χ1) is 30.5. The summed E-state index contributed by atoms with van der Waals surface area (Å²) in [6, 6.07) is 19.1. The molecule has 12 atom stereocenters. The summed E-state index contributed by atoms with van der Waals surface area (Å²) >= 11 is 0. The van der Waals surface area contributed by atoms with E-state index in [9.17, 15) is 19.8 Å². The van der Waals surface area contributed by atoms with Crippen LogP contribution >= 0.6 is 0 Å². The van der Waals surface area contributed by atoms with Gasteiger partial charge in [0.25, 0.3) is 0 Å². The minimum Gasteiger partial charge on any atom is -0.485 e. The molecule has 6 aliphatic rings. The number of hydrogen-bond donors (Lipinski definition) is 3. The van der Waals surface area contributed by atoms with Crippen LogP contribution in [0.2, 0.25) is 0 Å². The van der Waals surface area contributed by atoms with Crippen molar-refractivity contribution in [3.63, 3.8) is 0 Å². The first kappa shape index (κ1) is 44.7. The zero-order chi connectivity index (χ0) is 45.2. The van der Waals surface area contributed by atoms with E-state index in [0.717, 1.165) is 62.5 Å². The van der Waals surface area contributed by atoms with Crippen LogP contribution in [0.5, 0.6) is 0 Å². The normalized spacial score (nSPS) is 36.8. The Morgan fingerprint density at radius 1 is 0.875 bits per heavy atom. The topological polar surface area (TPSA) is 145 Å². The number of rotatable bonds is 13. The number of hydrogen-bond acceptors (Lipinski definition) is 9. The smallest absolute Gasteiger partial charge is 0.378 e. The molecule has 5 fully saturated rings. The third-order valence-electron chi connectivity index (χ3n) is 18.6. The van der Waals surface area contributed by atoms with E-state index in [0.29, 0.717) is 29.4 Å². The van der Waals surface area contributed by atoms with Gasteiger partial charge in [-0.25, -0.2) is 9.48 Å². The van der Waals surface area contributed by atoms with Crippen LogP contribution in [0.1, 0.15) is 123 Å². The molecule has 0 unspecified atom stereocenters. The van der Waals surface area contributed by atoms with Crippen LogP contribution in [0, 0.1) is 56.7 Å². The number of amides is 1. The third kappa shape index (κ3) is 7.31. The number of nitrogens with zero attached hydrogens (tertiary/aromatic N) is 3. The van der Waals surface area contributed by atoms with Crippen molar-refractivity contribution in [2.45, 2.75) is 150 Å². The number of ether oxygens (including phenoxy) is 3. The average molecular weight is 875 g/mol. The quantitative estimate of drug-likeness (QED) is 0.113. The van der Waals surface area contributed by atoms with Crippen LogP contribution in [0.4, 0.5) is 0 Å². The zero-order valence-electron chi connectivity index (χ0n) is 38.9. The molecule has 1 amide bonds. The summed E-state index contributed by atoms with van der Waals surface area (Å²) in [5, 5.41) is 34.8. The molecule has 9 rings (SSSR count). The highest BCUT2D eigenvalue weighted by Gasteiger charge is 2.72. The largest absolute Gasteiger partial charge is 0.485 e. The Kier molecular flexibility index (Phi) is 11.7. The zero-order valence-corrected chi connectivity index (χ0v) is 38.9. The molecule has 2 heterocycles. The van der Waals surface area contributed by atoms with E-state index in [1.807, 2.05) is 60.7 Å². The molecule has 0 bridgehead atoms. The maximum absolute atomic E-state index is 14.9. The summed E-state index contributed by atoms with van der Waals surface area (Å²) in [5.41, 5.74) is 3.43. The van der Waals surface area contributed by atoms with E-state index in [4.69, 9.17) is 14.2 Å². The maximum Gasteiger partial charge on any atom is 0.378 e. The second-order valence-electron chi connectivity index (χ2n) is 22.0. The minimum absolute atomic E-state index is 0.0345. The molecule has 0 radical (unpaired) electrons. The van der Waals surface area contributed by atoms with E-state index in [2.05, 4.69) is 63.8 Å². The number of carbonyl (C=O) groups excluding carboxylic acids is 2. The molecule has 1 aliphatic heterocycles. The fraction of sp³-hybridized carbons (Fsp3) is 0.623. The van der Waals surface area contributed by atoms with Gasteiger partial charge >= 0.3 is 5.97 Å². The van der Waals surface area contributed by atoms with E-state index < -0.39 is 23.6 Å². The number of fused-ring (bicyclic) bond motifs is 7. The Bertz CT molecular complexity index is 2260. The fourth-order valence-electron chi connectivity index (χ4n) is 15.1. The van der Waals surface area contributed by atoms with Crippen LogP contribution in [-0.4, -0.2) is 55.4 Å². The molecule has 11 nitrogen and oxygen atoms in total. The number of carbonyl (C=O) groups is 2. The lowest BCUT2D eigenvalue weighted by Gasteiger charge is -2.72. The molecule has 344 valence electrons. The third-order valence-corrected chi connectivity index (χ3v) is 18.6. The molecular formula is C53H70N4O7. The molecule has 5 aliphatic carbocycles. The van der Waals surface area contributed by atoms with Crippen molar-refractivity contribution in [2.75, 3.05) is 0 Å². The molecule has 3 aromatic rings. The summed E-state index contributed by atoms with van der Waals surface area (Å²) < 4.78 is 19.3. The van der Waals surface area contributed by atoms with Crippen LogP contribution in [-0.2, 0) is 50.1 Å². The predicted molar refractivity (Wildman–Crippen MR) is 242 cm³/mol. The van der Waals surface area contributed by atoms with Crippen LogP contribution < -0.4 is 5.32 Å². The van der Waals surface area contributed by atoms with Crippen molar-refractivity contribution in [3.8, 4) is 0 Å². The van der Waals surface area contributed by atoms with Gasteiger partial charge in [0.1, 0.15) is 25.0 Å². The van der Waals surface area contributed by atoms with Crippen molar-refractivity contribution < 1.29 is 34.0 Å². The molecule has 1 aromatic heterocycles. The molecule has 2 aromatic carbocycles. The van der Waals surface area contributed by atoms with Gasteiger partial charge in [0, 0.05) is 0 Å². The lowest BCUT2D eigenvalue weighted by molar-refractivity contribution is -0.246. The van der Waals surface area contributed by atoms with Gasteiger partial charge in [0.05, 0.1) is 30.8 Å². The second-order valence-corrected chi connectivity index (χ2v) is 22.0. The van der Waals surface area contributed by atoms with Gasteiger partial charge in [0.2, 0.25) is 11.7 Å². The molecule has 64 heavy (non-hydrogen) atoms. The van der Waals surface area contributed by atoms with Gasteiger partial charge in [-0.05, 0) is 134 Å². The summed E-state index contributed by atoms with van der Waals surface area (Å²) in [6.45, 7) is 19.6. The SMILES string of the molecule is C=C(C)[C@@H]1CC[C@]2(C(=O)NCc3cn(C[C@H](O)[C@H]4OC(=O)C(OCc5ccccc5)=C4OCc4ccccc4)nn3)CC[C@]3(C)[C@H](CC[C@@H]4[C@@]5(C)CC[C@H](O)C(C)(C)[C@@H]5CC[C@]43C)[C@@H]12. The predicted octanol–water partition coefficient (Wildman–Crippen LogP) is 8.84. The van der Waals surface area contributed by atoms with Gasteiger partial charge < -0.3 is 29.7 Å². The number of allylic oxidation sites excluding steroid dienone is 1. The highest BCUT2D eigenvalue weighted by atomic mass is 16.6. The van der Waals surface area contributed by atoms with Crippen molar-refractivity contribution in [1.82, 2.24) is 20.3 Å². The Hall–Kier alpha value is -4.48. The highest BCUT2D eigenvalue weighted by Crippen LogP contribution is 2.77. The van der Waals surface area contributed by atoms with Gasteiger partial charge in [0.15, 0.2) is 11.9 Å². The molecule has 3 N–H and O–H groups in total. The average Bonchev–Trinajstić information content (AvgIpc) is 3.99. The summed E-state index contributed by atoms with van der Waals surface area (Å²) in [6.07, 6.45) is 9.51. The van der Waals surface area contributed by atoms with Crippen molar-refractivity contribution in [1.29, 1.82) is 0 Å². The highest BCUT2D eigenvalue weighted by molar-refractivity contribution is 5.89. The standard InChI is InChI=1S/C53H70N4O7/c1-33(2)37-20-25-53(27-26-51(6)38(43(37)53)18-19-41-50(5)23-22-42(59)49(3,4)40(50)21-24-52(41,51)7)48(61)54-28-36-29-57(56-55-36)30-39(58)44-45(62-31-34-14-10-8-11-15-34)46(47(60)64-44)63-32-35-16-12-9-13-17-35/h8-17,29,37-44,58-59H,1,18-28,30-32H2,2-7H3,(H,54,61)/t37-,38+,39-,40-,41+,42-,43+,44+,50-,51+,52+,53-/m0/s1. The van der Waals surface area contributed by atoms with Crippen LogP contribution in [0.15, 0.2) is 90.5 Å². The molecule has 0 spiro atoms. The Morgan fingerprint density at radius 2 is 1.56 bits per heavy atom. The summed E-state index contributed by atoms with van der Waals surface area (Å²) in [4.78, 5) is 28.0. The number of aromatic nitrogens is 3. The fourth-order valence-corrected chi connectivity index (χ4v) is 15.1. The van der Waals surface area contributed by atoms with E-state index in [-0.39, 0.29) is 77.4 Å². The van der Waals surface area contributed by atoms with Crippen LogP contribution in [0.25, 0.3) is 0 Å². The molecule has 5 saturated carbocycles. The first-order valence-electron chi connectivity index (χ1n) is 24.0. The number of nitrogens with one attached hydrogen (secondary N) is 1. The van der Waals surface area contributed by atoms with E-state index >= 15 is 0 Å². The first-order valence-corrected chi connectivity index (χ1v) is 24.0. The van der Waals surface area contributed by atoms with Gasteiger partial charge in [-0.15, -0.1) is 5.10 Å². The van der Waals surface area contributed by atoms with Gasteiger partial charge in [-0.1, -0.05) is 113 Å². The number of benzene rings is 2. The van der Waals surface area contributed by atoms with E-state index in [1.165, 1.54) is 23.1 Å². The van der Waals surface area contributed by atoms with Crippen molar-refractivity contribution in [2.24, 2.45) is 56.7 Å². The Balaban J connectivity index is 0.887. The number of esters is 1. The second kappa shape index (κ2) is 16.7. The number of cyclic esters (lactones) is 1. The lowest BCUT2D eigenvalue weighted by Crippen LogP contribution is -2.67. The number of aliphatic hydroxyl groups excluding tert-OH is 2. The minimum atomic E-state index is -1.23. The van der Waals surface area contributed by atoms with Crippen molar-refractivity contribution >= 4 is 11.9 Å². The molecule has 0 saturated heterocycles. The Morgan fingerprint density at radius 3 is 2.25 bits per heavy atom.